The number of phenolic OH excluding ortho intramolecular Hbond substituents is 4. The molecule has 5 N–H and O–H groups in total. The summed E-state index contributed by atoms with van der Waals surface area (Å²) in [5.74, 6) is -1.90. The summed E-state index contributed by atoms with van der Waals surface area (Å²) in [5.41, 5.74) is 0.709. The number of aromatic hydroxyl groups is 4. The van der Waals surface area contributed by atoms with E-state index in [4.69, 9.17) is 4.55 Å². The van der Waals surface area contributed by atoms with Gasteiger partial charge in [-0.25, -0.2) is 4.21 Å². The number of hydrogen-bond donors (Lipinski definition) is 5. The number of benzene rings is 2. The van der Waals surface area contributed by atoms with Crippen molar-refractivity contribution in [1.29, 1.82) is 0 Å². The fraction of sp³-hybridized carbons (Fsp3) is 0. The summed E-state index contributed by atoms with van der Waals surface area (Å²) in [6.45, 7) is 0. The first kappa shape index (κ1) is 13.2. The van der Waals surface area contributed by atoms with Crippen LogP contribution in [0.4, 0.5) is 0 Å². The zero-order chi connectivity index (χ0) is 14.2. The second kappa shape index (κ2) is 4.79. The summed E-state index contributed by atoms with van der Waals surface area (Å²) in [6.07, 6.45) is 0. The van der Waals surface area contributed by atoms with E-state index in [1.807, 2.05) is 0 Å². The van der Waals surface area contributed by atoms with Gasteiger partial charge in [0.1, 0.15) is 4.90 Å². The monoisotopic (exact) mass is 282 g/mol. The topological polar surface area (TPSA) is 118 Å². The lowest BCUT2D eigenvalue weighted by Crippen LogP contribution is -1.91. The first-order valence-electron chi connectivity index (χ1n) is 5.09. The van der Waals surface area contributed by atoms with Gasteiger partial charge in [-0.3, -0.25) is 0 Å². The predicted molar refractivity (Wildman–Crippen MR) is 67.6 cm³/mol. The average Bonchev–Trinajstić information content (AvgIpc) is 2.35. The van der Waals surface area contributed by atoms with Crippen molar-refractivity contribution in [3.8, 4) is 34.1 Å². The van der Waals surface area contributed by atoms with Gasteiger partial charge in [0.2, 0.25) is 0 Å². The Morgan fingerprint density at radius 3 is 2.00 bits per heavy atom. The third kappa shape index (κ3) is 2.47. The molecule has 0 aliphatic heterocycles. The molecule has 0 fully saturated rings. The Morgan fingerprint density at radius 1 is 0.789 bits per heavy atom. The second-order valence-corrected chi connectivity index (χ2v) is 4.73. The van der Waals surface area contributed by atoms with Crippen LogP contribution in [0.2, 0.25) is 0 Å². The minimum absolute atomic E-state index is 0.308. The van der Waals surface area contributed by atoms with Crippen molar-refractivity contribution in [2.75, 3.05) is 0 Å². The zero-order valence-electron chi connectivity index (χ0n) is 9.44. The first-order chi connectivity index (χ1) is 8.90. The first-order valence-corrected chi connectivity index (χ1v) is 6.20. The summed E-state index contributed by atoms with van der Waals surface area (Å²) >= 11 is -2.47. The molecule has 0 heterocycles. The van der Waals surface area contributed by atoms with Crippen molar-refractivity contribution in [1.82, 2.24) is 0 Å². The van der Waals surface area contributed by atoms with Crippen molar-refractivity contribution in [3.05, 3.63) is 30.3 Å². The molecular formula is C12H10O6S. The highest BCUT2D eigenvalue weighted by Crippen LogP contribution is 2.38. The highest BCUT2D eigenvalue weighted by atomic mass is 32.2. The molecule has 0 saturated heterocycles. The third-order valence-electron chi connectivity index (χ3n) is 2.55. The molecule has 0 aliphatic carbocycles. The highest BCUT2D eigenvalue weighted by molar-refractivity contribution is 7.79. The molecule has 0 bridgehead atoms. The Morgan fingerprint density at radius 2 is 1.42 bits per heavy atom. The van der Waals surface area contributed by atoms with Gasteiger partial charge >= 0.3 is 0 Å². The summed E-state index contributed by atoms with van der Waals surface area (Å²) in [7, 11) is 0. The van der Waals surface area contributed by atoms with Gasteiger partial charge in [0.15, 0.2) is 34.1 Å². The van der Waals surface area contributed by atoms with E-state index < -0.39 is 22.6 Å². The van der Waals surface area contributed by atoms with Crippen LogP contribution in [0.5, 0.6) is 23.0 Å². The summed E-state index contributed by atoms with van der Waals surface area (Å²) in [4.78, 5) is -0.345. The minimum Gasteiger partial charge on any atom is -0.504 e. The van der Waals surface area contributed by atoms with Crippen LogP contribution in [0.1, 0.15) is 0 Å². The Balaban J connectivity index is 2.62. The van der Waals surface area contributed by atoms with Crippen LogP contribution >= 0.6 is 0 Å². The molecule has 0 radical (unpaired) electrons. The smallest absolute Gasteiger partial charge is 0.190 e. The second-order valence-electron chi connectivity index (χ2n) is 3.79. The average molecular weight is 282 g/mol. The lowest BCUT2D eigenvalue weighted by molar-refractivity contribution is 0.392. The molecule has 100 valence electrons. The van der Waals surface area contributed by atoms with Crippen molar-refractivity contribution in [3.63, 3.8) is 0 Å². The van der Waals surface area contributed by atoms with Crippen LogP contribution in [0.25, 0.3) is 11.1 Å². The number of hydrogen-bond acceptors (Lipinski definition) is 5. The number of phenols is 4. The van der Waals surface area contributed by atoms with Gasteiger partial charge in [0.05, 0.1) is 0 Å². The summed E-state index contributed by atoms with van der Waals surface area (Å²) in [5, 5.41) is 37.5. The maximum Gasteiger partial charge on any atom is 0.190 e. The van der Waals surface area contributed by atoms with E-state index in [2.05, 4.69) is 0 Å². The van der Waals surface area contributed by atoms with Crippen molar-refractivity contribution < 1.29 is 29.2 Å². The minimum atomic E-state index is -2.47. The molecule has 0 spiro atoms. The van der Waals surface area contributed by atoms with Gasteiger partial charge in [-0.05, 0) is 35.4 Å². The van der Waals surface area contributed by atoms with E-state index in [1.165, 1.54) is 30.3 Å². The Kier molecular flexibility index (Phi) is 3.32. The van der Waals surface area contributed by atoms with Crippen LogP contribution in [0.3, 0.4) is 0 Å². The molecule has 2 aromatic rings. The van der Waals surface area contributed by atoms with E-state index in [0.717, 1.165) is 0 Å². The summed E-state index contributed by atoms with van der Waals surface area (Å²) in [6, 6.07) is 6.30. The third-order valence-corrected chi connectivity index (χ3v) is 3.24. The molecular weight excluding hydrogens is 272 g/mol. The lowest BCUT2D eigenvalue weighted by Gasteiger charge is -2.08. The SMILES string of the molecule is O=S(O)c1cc(-c2ccc(O)c(O)c2)cc(O)c1O. The molecule has 6 nitrogen and oxygen atoms in total. The molecule has 1 atom stereocenters. The van der Waals surface area contributed by atoms with Crippen LogP contribution < -0.4 is 0 Å². The summed E-state index contributed by atoms with van der Waals surface area (Å²) < 4.78 is 20.0. The Hall–Kier alpha value is -2.25. The largest absolute Gasteiger partial charge is 0.504 e. The Labute approximate surface area is 110 Å². The molecule has 2 aromatic carbocycles. The maximum absolute atomic E-state index is 11.0. The van der Waals surface area contributed by atoms with Gasteiger partial charge in [0, 0.05) is 0 Å². The van der Waals surface area contributed by atoms with Gasteiger partial charge in [-0.1, -0.05) is 6.07 Å². The van der Waals surface area contributed by atoms with E-state index in [-0.39, 0.29) is 16.4 Å². The molecule has 0 saturated carbocycles. The quantitative estimate of drug-likeness (QED) is 0.423. The van der Waals surface area contributed by atoms with Crippen molar-refractivity contribution in [2.24, 2.45) is 0 Å². The normalized spacial score (nSPS) is 12.3. The van der Waals surface area contributed by atoms with Crippen LogP contribution in [-0.4, -0.2) is 29.2 Å². The van der Waals surface area contributed by atoms with Gasteiger partial charge < -0.3 is 25.0 Å². The molecule has 2 rings (SSSR count). The van der Waals surface area contributed by atoms with E-state index in [9.17, 15) is 24.6 Å². The standard InChI is InChI=1S/C12H10O6S/c13-8-2-1-6(3-9(8)14)7-4-10(15)12(16)11(5-7)19(17)18/h1-5,13-16H,(H,17,18). The lowest BCUT2D eigenvalue weighted by atomic mass is 10.0. The van der Waals surface area contributed by atoms with Gasteiger partial charge in [0.25, 0.3) is 0 Å². The van der Waals surface area contributed by atoms with Gasteiger partial charge in [-0.15, -0.1) is 0 Å². The van der Waals surface area contributed by atoms with Crippen LogP contribution in [-0.2, 0) is 11.1 Å². The van der Waals surface area contributed by atoms with Crippen LogP contribution in [0.15, 0.2) is 35.2 Å². The fourth-order valence-electron chi connectivity index (χ4n) is 1.60. The van der Waals surface area contributed by atoms with E-state index in [1.54, 1.807) is 0 Å². The Bertz CT molecular complexity index is 668. The molecule has 0 amide bonds. The molecule has 19 heavy (non-hydrogen) atoms. The maximum atomic E-state index is 11.0. The molecule has 0 aliphatic rings. The van der Waals surface area contributed by atoms with Crippen LogP contribution in [0, 0.1) is 0 Å². The number of rotatable bonds is 2. The van der Waals surface area contributed by atoms with Gasteiger partial charge in [-0.2, -0.15) is 0 Å². The molecule has 1 unspecified atom stereocenters. The predicted octanol–water partition coefficient (Wildman–Crippen LogP) is 1.76. The van der Waals surface area contributed by atoms with Crippen molar-refractivity contribution >= 4 is 11.1 Å². The zero-order valence-corrected chi connectivity index (χ0v) is 10.3. The molecule has 7 heteroatoms. The van der Waals surface area contributed by atoms with E-state index in [0.29, 0.717) is 11.1 Å². The van der Waals surface area contributed by atoms with E-state index >= 15 is 0 Å². The molecule has 0 aromatic heterocycles. The highest BCUT2D eigenvalue weighted by Gasteiger charge is 2.15. The fourth-order valence-corrected chi connectivity index (χ4v) is 2.09. The van der Waals surface area contributed by atoms with Crippen molar-refractivity contribution in [2.45, 2.75) is 4.90 Å².